The highest BCUT2D eigenvalue weighted by Crippen LogP contribution is 2.32. The number of piperazine rings is 1. The van der Waals surface area contributed by atoms with Crippen molar-refractivity contribution in [2.45, 2.75) is 24.7 Å². The number of rotatable bonds is 13. The normalized spacial score (nSPS) is 17.1. The van der Waals surface area contributed by atoms with Gasteiger partial charge in [0.1, 0.15) is 10.6 Å². The molecule has 0 unspecified atom stereocenters. The van der Waals surface area contributed by atoms with Crippen LogP contribution >= 0.6 is 0 Å². The highest BCUT2D eigenvalue weighted by Gasteiger charge is 2.27. The van der Waals surface area contributed by atoms with Crippen LogP contribution in [0.5, 0.6) is 5.75 Å². The van der Waals surface area contributed by atoms with Crippen molar-refractivity contribution in [2.75, 3.05) is 93.0 Å². The predicted octanol–water partition coefficient (Wildman–Crippen LogP) is 2.17. The van der Waals surface area contributed by atoms with Crippen LogP contribution in [-0.2, 0) is 24.8 Å². The Morgan fingerprint density at radius 3 is 2.25 bits per heavy atom. The molecular weight excluding hydrogens is 554 g/mol. The molecule has 2 N–H and O–H groups in total. The van der Waals surface area contributed by atoms with E-state index in [2.05, 4.69) is 19.2 Å². The number of hydrogen-bond acceptors (Lipinski definition) is 9. The largest absolute Gasteiger partial charge is 0.495 e. The van der Waals surface area contributed by atoms with Gasteiger partial charge in [-0.1, -0.05) is 25.5 Å². The van der Waals surface area contributed by atoms with Crippen molar-refractivity contribution in [1.29, 1.82) is 0 Å². The van der Waals surface area contributed by atoms with E-state index in [1.54, 1.807) is 19.2 Å². The number of nitrogens with zero attached hydrogens (tertiary/aromatic N) is 3. The first kappa shape index (κ1) is 30.4. The maximum Gasteiger partial charge on any atom is 0.242 e. The van der Waals surface area contributed by atoms with Gasteiger partial charge in [0.2, 0.25) is 20.0 Å². The van der Waals surface area contributed by atoms with Crippen LogP contribution in [0.15, 0.2) is 47.4 Å². The maximum atomic E-state index is 13.6. The summed E-state index contributed by atoms with van der Waals surface area (Å²) in [5.41, 5.74) is 1.79. The van der Waals surface area contributed by atoms with E-state index in [1.165, 1.54) is 6.07 Å². The van der Waals surface area contributed by atoms with Gasteiger partial charge in [0.15, 0.2) is 0 Å². The Balaban J connectivity index is 1.54. The molecule has 2 aromatic carbocycles. The molecule has 0 aliphatic carbocycles. The van der Waals surface area contributed by atoms with E-state index >= 15 is 0 Å². The van der Waals surface area contributed by atoms with Gasteiger partial charge in [-0.2, -0.15) is 0 Å². The van der Waals surface area contributed by atoms with Gasteiger partial charge in [-0.3, -0.25) is 9.62 Å². The van der Waals surface area contributed by atoms with Gasteiger partial charge in [-0.05, 0) is 36.8 Å². The molecule has 0 amide bonds. The number of hydrogen-bond donors (Lipinski definition) is 2. The van der Waals surface area contributed by atoms with Crippen LogP contribution in [0.25, 0.3) is 0 Å². The highest BCUT2D eigenvalue weighted by atomic mass is 32.2. The van der Waals surface area contributed by atoms with Gasteiger partial charge in [0.05, 0.1) is 37.5 Å². The van der Waals surface area contributed by atoms with E-state index in [9.17, 15) is 16.8 Å². The second-order valence-electron chi connectivity index (χ2n) is 9.95. The van der Waals surface area contributed by atoms with E-state index in [-0.39, 0.29) is 22.9 Å². The lowest BCUT2D eigenvalue weighted by atomic mass is 10.2. The number of unbranched alkanes of at least 4 members (excludes halogenated alkanes) is 1. The van der Waals surface area contributed by atoms with E-state index in [0.29, 0.717) is 58.0 Å². The summed E-state index contributed by atoms with van der Waals surface area (Å²) in [6, 6.07) is 12.6. The third-order valence-corrected chi connectivity index (χ3v) is 10.0. The van der Waals surface area contributed by atoms with Crippen molar-refractivity contribution in [1.82, 2.24) is 9.62 Å². The molecule has 40 heavy (non-hydrogen) atoms. The van der Waals surface area contributed by atoms with Gasteiger partial charge >= 0.3 is 0 Å². The van der Waals surface area contributed by atoms with Crippen LogP contribution in [-0.4, -0.2) is 100 Å². The summed E-state index contributed by atoms with van der Waals surface area (Å²) in [6.07, 6.45) is 1.27. The maximum absolute atomic E-state index is 13.6. The Bertz CT molecular complexity index is 1320. The molecule has 2 aliphatic rings. The van der Waals surface area contributed by atoms with Crippen LogP contribution < -0.4 is 24.0 Å². The first-order valence-corrected chi connectivity index (χ1v) is 16.9. The molecule has 0 atom stereocenters. The fourth-order valence-corrected chi connectivity index (χ4v) is 7.47. The lowest BCUT2D eigenvalue weighted by molar-refractivity contribution is 0.0390. The Morgan fingerprint density at radius 1 is 0.900 bits per heavy atom. The smallest absolute Gasteiger partial charge is 0.242 e. The Labute approximate surface area is 238 Å². The molecule has 0 saturated carbocycles. The molecule has 2 aromatic rings. The van der Waals surface area contributed by atoms with Gasteiger partial charge in [0, 0.05) is 58.0 Å². The Morgan fingerprint density at radius 2 is 1.57 bits per heavy atom. The third kappa shape index (κ3) is 8.00. The first-order chi connectivity index (χ1) is 19.2. The third-order valence-electron chi connectivity index (χ3n) is 7.16. The summed E-state index contributed by atoms with van der Waals surface area (Å²) in [5.74, 6) is 0.777. The zero-order valence-corrected chi connectivity index (χ0v) is 25.0. The molecule has 2 aliphatic heterocycles. The van der Waals surface area contributed by atoms with Gasteiger partial charge in [-0.15, -0.1) is 0 Å². The molecule has 13 heteroatoms. The fourth-order valence-electron chi connectivity index (χ4n) is 4.94. The van der Waals surface area contributed by atoms with Crippen LogP contribution in [0.3, 0.4) is 0 Å². The molecule has 0 radical (unpaired) electrons. The second kappa shape index (κ2) is 13.9. The molecule has 222 valence electrons. The quantitative estimate of drug-likeness (QED) is 0.359. The van der Waals surface area contributed by atoms with Crippen molar-refractivity contribution >= 4 is 37.1 Å². The van der Waals surface area contributed by atoms with Crippen LogP contribution in [0.4, 0.5) is 17.1 Å². The van der Waals surface area contributed by atoms with Gasteiger partial charge in [0.25, 0.3) is 0 Å². The second-order valence-corrected chi connectivity index (χ2v) is 13.5. The summed E-state index contributed by atoms with van der Waals surface area (Å²) in [6.45, 7) is 8.07. The average molecular weight is 596 g/mol. The summed E-state index contributed by atoms with van der Waals surface area (Å²) in [4.78, 5) is 6.48. The average Bonchev–Trinajstić information content (AvgIpc) is 2.96. The van der Waals surface area contributed by atoms with E-state index in [4.69, 9.17) is 9.47 Å². The molecule has 11 nitrogen and oxygen atoms in total. The molecule has 0 aromatic heterocycles. The van der Waals surface area contributed by atoms with Gasteiger partial charge in [-0.25, -0.2) is 21.6 Å². The summed E-state index contributed by atoms with van der Waals surface area (Å²) in [5, 5.41) is 0. The summed E-state index contributed by atoms with van der Waals surface area (Å²) >= 11 is 0. The van der Waals surface area contributed by atoms with Crippen LogP contribution in [0.2, 0.25) is 0 Å². The van der Waals surface area contributed by atoms with Crippen LogP contribution in [0.1, 0.15) is 19.8 Å². The van der Waals surface area contributed by atoms with Crippen molar-refractivity contribution in [2.24, 2.45) is 0 Å². The minimum atomic E-state index is -3.93. The number of para-hydroxylation sites is 2. The SMILES string of the molecule is CCCCS(=O)(=O)Nc1ccc(N2CCN(c3ccccc3OC)CC2)c(S(=O)(=O)NCCN2CCOCC2)c1. The fraction of sp³-hybridized carbons (Fsp3) is 0.556. The molecule has 0 bridgehead atoms. The number of ether oxygens (including phenoxy) is 2. The first-order valence-electron chi connectivity index (χ1n) is 13.8. The zero-order valence-electron chi connectivity index (χ0n) is 23.3. The monoisotopic (exact) mass is 595 g/mol. The summed E-state index contributed by atoms with van der Waals surface area (Å²) in [7, 11) is -5.87. The van der Waals surface area contributed by atoms with Crippen molar-refractivity contribution < 1.29 is 26.3 Å². The topological polar surface area (TPSA) is 121 Å². The van der Waals surface area contributed by atoms with E-state index in [1.807, 2.05) is 36.1 Å². The lowest BCUT2D eigenvalue weighted by Gasteiger charge is -2.38. The number of nitrogens with one attached hydrogen (secondary N) is 2. The van der Waals surface area contributed by atoms with Crippen molar-refractivity contribution in [3.05, 3.63) is 42.5 Å². The Hall–Kier alpha value is -2.58. The molecule has 2 heterocycles. The number of methoxy groups -OCH3 is 1. The standard InChI is InChI=1S/C27H41N5O6S2/c1-3-4-21-39(33,34)29-23-9-10-25(27(22-23)40(35,36)28-11-12-30-17-19-38-20-18-30)32-15-13-31(14-16-32)24-7-5-6-8-26(24)37-2/h5-10,22,28-29H,3-4,11-21H2,1-2H3. The van der Waals surface area contributed by atoms with E-state index < -0.39 is 20.0 Å². The number of anilines is 3. The predicted molar refractivity (Wildman–Crippen MR) is 159 cm³/mol. The molecule has 4 rings (SSSR count). The molecule has 0 spiro atoms. The highest BCUT2D eigenvalue weighted by molar-refractivity contribution is 7.92. The molecule has 2 saturated heterocycles. The molecular formula is C27H41N5O6S2. The van der Waals surface area contributed by atoms with Gasteiger partial charge < -0.3 is 19.3 Å². The minimum Gasteiger partial charge on any atom is -0.495 e. The number of benzene rings is 2. The zero-order chi connectivity index (χ0) is 28.6. The molecule has 2 fully saturated rings. The number of morpholine rings is 1. The van der Waals surface area contributed by atoms with Crippen molar-refractivity contribution in [3.63, 3.8) is 0 Å². The lowest BCUT2D eigenvalue weighted by Crippen LogP contribution is -2.47. The van der Waals surface area contributed by atoms with E-state index in [0.717, 1.165) is 30.9 Å². The Kier molecular flexibility index (Phi) is 10.5. The minimum absolute atomic E-state index is 0.0178. The summed E-state index contributed by atoms with van der Waals surface area (Å²) < 4.78 is 68.5. The van der Waals surface area contributed by atoms with Crippen LogP contribution in [0, 0.1) is 0 Å². The number of sulfonamides is 2. The van der Waals surface area contributed by atoms with Crippen molar-refractivity contribution in [3.8, 4) is 5.75 Å².